The van der Waals surface area contributed by atoms with Crippen molar-refractivity contribution < 1.29 is 4.74 Å². The molecule has 6 heteroatoms. The molecule has 0 bridgehead atoms. The molecule has 4 nitrogen and oxygen atoms in total. The normalized spacial score (nSPS) is 9.29. The third kappa shape index (κ3) is 5.65. The van der Waals surface area contributed by atoms with Gasteiger partial charge in [-0.2, -0.15) is 0 Å². The van der Waals surface area contributed by atoms with Crippen LogP contribution in [0.4, 0.5) is 0 Å². The molecule has 1 aromatic carbocycles. The predicted molar refractivity (Wildman–Crippen MR) is 74.0 cm³/mol. The van der Waals surface area contributed by atoms with Gasteiger partial charge in [-0.1, -0.05) is 24.6 Å². The maximum atomic E-state index is 6.04. The molecular formula is C11H17Cl2N3O. The second-order valence-electron chi connectivity index (χ2n) is 3.35. The van der Waals surface area contributed by atoms with E-state index in [1.165, 1.54) is 0 Å². The average molecular weight is 278 g/mol. The summed E-state index contributed by atoms with van der Waals surface area (Å²) in [6, 6.07) is 5.53. The van der Waals surface area contributed by atoms with Crippen molar-refractivity contribution in [3.8, 4) is 5.75 Å². The number of ether oxygens (including phenoxy) is 1. The lowest BCUT2D eigenvalue weighted by Crippen LogP contribution is -2.22. The highest BCUT2D eigenvalue weighted by Crippen LogP contribution is 2.25. The van der Waals surface area contributed by atoms with Gasteiger partial charge in [0.2, 0.25) is 0 Å². The minimum absolute atomic E-state index is 0. The van der Waals surface area contributed by atoms with Gasteiger partial charge in [-0.15, -0.1) is 12.4 Å². The van der Waals surface area contributed by atoms with E-state index in [1.807, 2.05) is 19.1 Å². The molecule has 0 aliphatic carbocycles. The highest BCUT2D eigenvalue weighted by Gasteiger charge is 2.02. The molecule has 0 atom stereocenters. The van der Waals surface area contributed by atoms with E-state index in [1.54, 1.807) is 6.07 Å². The Balaban J connectivity index is 0.00000256. The Morgan fingerprint density at radius 1 is 1.41 bits per heavy atom. The highest BCUT2D eigenvalue weighted by atomic mass is 35.5. The molecule has 0 unspecified atom stereocenters. The van der Waals surface area contributed by atoms with Crippen molar-refractivity contribution in [2.75, 3.05) is 6.61 Å². The van der Waals surface area contributed by atoms with Crippen LogP contribution < -0.4 is 16.2 Å². The molecule has 0 saturated heterocycles. The Morgan fingerprint density at radius 3 is 2.65 bits per heavy atom. The second kappa shape index (κ2) is 8.03. The quantitative estimate of drug-likeness (QED) is 0.641. The topological polar surface area (TPSA) is 73.6 Å². The summed E-state index contributed by atoms with van der Waals surface area (Å²) in [5, 5.41) is 0.580. The molecular weight excluding hydrogens is 261 g/mol. The Kier molecular flexibility index (Phi) is 7.50. The molecule has 0 heterocycles. The number of nitrogens with two attached hydrogens (primary N) is 2. The predicted octanol–water partition coefficient (Wildman–Crippen LogP) is 2.32. The van der Waals surface area contributed by atoms with Crippen LogP contribution in [0.1, 0.15) is 18.9 Å². The summed E-state index contributed by atoms with van der Waals surface area (Å²) in [5.41, 5.74) is 11.4. The fourth-order valence-electron chi connectivity index (χ4n) is 1.15. The fourth-order valence-corrected chi connectivity index (χ4v) is 1.41. The average Bonchev–Trinajstić information content (AvgIpc) is 2.25. The summed E-state index contributed by atoms with van der Waals surface area (Å²) < 4.78 is 5.45. The van der Waals surface area contributed by atoms with Crippen LogP contribution in [-0.4, -0.2) is 12.6 Å². The summed E-state index contributed by atoms with van der Waals surface area (Å²) in [6.45, 7) is 3.13. The molecule has 0 amide bonds. The zero-order chi connectivity index (χ0) is 12.0. The van der Waals surface area contributed by atoms with E-state index >= 15 is 0 Å². The maximum Gasteiger partial charge on any atom is 0.186 e. The van der Waals surface area contributed by atoms with Gasteiger partial charge in [0.15, 0.2) is 5.96 Å². The van der Waals surface area contributed by atoms with E-state index < -0.39 is 0 Å². The van der Waals surface area contributed by atoms with Crippen LogP contribution in [0, 0.1) is 0 Å². The lowest BCUT2D eigenvalue weighted by molar-refractivity contribution is 0.317. The lowest BCUT2D eigenvalue weighted by Gasteiger charge is -2.07. The molecule has 0 aliphatic heterocycles. The van der Waals surface area contributed by atoms with Crippen molar-refractivity contribution >= 4 is 30.0 Å². The fraction of sp³-hybridized carbons (Fsp3) is 0.364. The molecule has 1 aromatic rings. The van der Waals surface area contributed by atoms with Crippen molar-refractivity contribution in [1.29, 1.82) is 0 Å². The largest absolute Gasteiger partial charge is 0.492 e. The Hall–Kier alpha value is -1.13. The Bertz CT molecular complexity index is 379. The minimum atomic E-state index is 0. The molecule has 0 aliphatic rings. The molecule has 17 heavy (non-hydrogen) atoms. The Morgan fingerprint density at radius 2 is 2.12 bits per heavy atom. The lowest BCUT2D eigenvalue weighted by atomic mass is 10.2. The number of benzene rings is 1. The summed E-state index contributed by atoms with van der Waals surface area (Å²) in [4.78, 5) is 3.90. The molecule has 0 saturated carbocycles. The van der Waals surface area contributed by atoms with E-state index in [2.05, 4.69) is 4.99 Å². The molecule has 1 rings (SSSR count). The monoisotopic (exact) mass is 277 g/mol. The van der Waals surface area contributed by atoms with Crippen molar-refractivity contribution in [1.82, 2.24) is 0 Å². The van der Waals surface area contributed by atoms with E-state index in [9.17, 15) is 0 Å². The second-order valence-corrected chi connectivity index (χ2v) is 3.76. The minimum Gasteiger partial charge on any atom is -0.492 e. The number of hydrogen-bond donors (Lipinski definition) is 2. The summed E-state index contributed by atoms with van der Waals surface area (Å²) in [5.74, 6) is 0.763. The third-order valence-corrected chi connectivity index (χ3v) is 2.20. The van der Waals surface area contributed by atoms with Crippen LogP contribution in [0.2, 0.25) is 5.02 Å². The van der Waals surface area contributed by atoms with Gasteiger partial charge in [-0.05, 0) is 24.1 Å². The molecule has 0 fully saturated rings. The summed E-state index contributed by atoms with van der Waals surface area (Å²) in [6.07, 6.45) is 0.950. The molecule has 0 radical (unpaired) electrons. The van der Waals surface area contributed by atoms with Crippen molar-refractivity contribution in [3.63, 3.8) is 0 Å². The van der Waals surface area contributed by atoms with E-state index in [-0.39, 0.29) is 18.4 Å². The zero-order valence-corrected chi connectivity index (χ0v) is 11.2. The van der Waals surface area contributed by atoms with Gasteiger partial charge in [0, 0.05) is 0 Å². The number of hydrogen-bond acceptors (Lipinski definition) is 2. The number of aliphatic imine (C=N–C) groups is 1. The van der Waals surface area contributed by atoms with Crippen molar-refractivity contribution in [3.05, 3.63) is 28.8 Å². The smallest absolute Gasteiger partial charge is 0.186 e. The summed E-state index contributed by atoms with van der Waals surface area (Å²) in [7, 11) is 0. The van der Waals surface area contributed by atoms with Crippen LogP contribution in [0.3, 0.4) is 0 Å². The first-order valence-electron chi connectivity index (χ1n) is 5.10. The van der Waals surface area contributed by atoms with Gasteiger partial charge in [0.1, 0.15) is 5.75 Å². The van der Waals surface area contributed by atoms with Gasteiger partial charge in [-0.25, -0.2) is 4.99 Å². The zero-order valence-electron chi connectivity index (χ0n) is 9.65. The molecule has 4 N–H and O–H groups in total. The van der Waals surface area contributed by atoms with Crippen molar-refractivity contribution in [2.24, 2.45) is 16.5 Å². The SMILES string of the molecule is CCCOc1ccc(CN=C(N)N)cc1Cl.Cl. The van der Waals surface area contributed by atoms with Crippen LogP contribution in [-0.2, 0) is 6.54 Å². The van der Waals surface area contributed by atoms with Crippen LogP contribution >= 0.6 is 24.0 Å². The van der Waals surface area contributed by atoms with E-state index in [0.29, 0.717) is 23.9 Å². The first kappa shape index (κ1) is 15.9. The molecule has 0 aromatic heterocycles. The molecule has 96 valence electrons. The standard InChI is InChI=1S/C11H16ClN3O.ClH/c1-2-5-16-10-4-3-8(6-9(10)12)7-15-11(13)14;/h3-4,6H,2,5,7H2,1H3,(H4,13,14,15);1H. The summed E-state index contributed by atoms with van der Waals surface area (Å²) >= 11 is 6.04. The van der Waals surface area contributed by atoms with Gasteiger partial charge in [0.25, 0.3) is 0 Å². The number of nitrogens with zero attached hydrogens (tertiary/aromatic N) is 1. The van der Waals surface area contributed by atoms with Gasteiger partial charge >= 0.3 is 0 Å². The first-order valence-corrected chi connectivity index (χ1v) is 5.48. The van der Waals surface area contributed by atoms with Crippen molar-refractivity contribution in [2.45, 2.75) is 19.9 Å². The third-order valence-electron chi connectivity index (χ3n) is 1.90. The number of halogens is 2. The van der Waals surface area contributed by atoms with Gasteiger partial charge < -0.3 is 16.2 Å². The van der Waals surface area contributed by atoms with Crippen LogP contribution in [0.25, 0.3) is 0 Å². The molecule has 0 spiro atoms. The van der Waals surface area contributed by atoms with Gasteiger partial charge in [-0.3, -0.25) is 0 Å². The number of guanidine groups is 1. The van der Waals surface area contributed by atoms with Gasteiger partial charge in [0.05, 0.1) is 18.2 Å². The Labute approximate surface area is 112 Å². The number of rotatable bonds is 5. The van der Waals surface area contributed by atoms with Crippen LogP contribution in [0.5, 0.6) is 5.75 Å². The first-order chi connectivity index (χ1) is 7.63. The highest BCUT2D eigenvalue weighted by molar-refractivity contribution is 6.32. The van der Waals surface area contributed by atoms with E-state index in [4.69, 9.17) is 27.8 Å². The van der Waals surface area contributed by atoms with E-state index in [0.717, 1.165) is 12.0 Å². The maximum absolute atomic E-state index is 6.04. The van der Waals surface area contributed by atoms with Crippen LogP contribution in [0.15, 0.2) is 23.2 Å².